The Kier molecular flexibility index (Phi) is 1.81. The van der Waals surface area contributed by atoms with Gasteiger partial charge in [0.25, 0.3) is 0 Å². The molecule has 52 valence electrons. The van der Waals surface area contributed by atoms with Crippen LogP contribution in [-0.2, 0) is 0 Å². The molecule has 1 aromatic rings. The zero-order chi connectivity index (χ0) is 8.27. The van der Waals surface area contributed by atoms with Gasteiger partial charge in [-0.15, -0.1) is 0 Å². The van der Waals surface area contributed by atoms with Crippen molar-refractivity contribution in [2.75, 3.05) is 0 Å². The molecule has 0 N–H and O–H groups in total. The van der Waals surface area contributed by atoms with Gasteiger partial charge in [-0.25, -0.2) is 0 Å². The van der Waals surface area contributed by atoms with Crippen molar-refractivity contribution in [3.63, 3.8) is 0 Å². The predicted octanol–water partition coefficient (Wildman–Crippen LogP) is 2.65. The molecule has 0 aliphatic heterocycles. The van der Waals surface area contributed by atoms with E-state index in [4.69, 9.17) is 1.37 Å². The van der Waals surface area contributed by atoms with Crippen molar-refractivity contribution in [1.82, 2.24) is 0 Å². The SMILES string of the molecule is [2H]CC(=O)c1ccc(Br)cc1. The van der Waals surface area contributed by atoms with Crippen LogP contribution in [0.2, 0.25) is 0 Å². The van der Waals surface area contributed by atoms with Gasteiger partial charge < -0.3 is 0 Å². The topological polar surface area (TPSA) is 17.1 Å². The molecule has 1 nitrogen and oxygen atoms in total. The van der Waals surface area contributed by atoms with Crippen LogP contribution in [-0.4, -0.2) is 5.78 Å². The Hall–Kier alpha value is -0.630. The number of halogens is 1. The maximum absolute atomic E-state index is 10.9. The van der Waals surface area contributed by atoms with Crippen LogP contribution in [0.3, 0.4) is 0 Å². The molecular weight excluding hydrogens is 192 g/mol. The van der Waals surface area contributed by atoms with Crippen LogP contribution in [0.4, 0.5) is 0 Å². The molecule has 0 fully saturated rings. The van der Waals surface area contributed by atoms with Crippen molar-refractivity contribution < 1.29 is 6.17 Å². The lowest BCUT2D eigenvalue weighted by Gasteiger charge is -1.92. The summed E-state index contributed by atoms with van der Waals surface area (Å²) < 4.78 is 7.78. The monoisotopic (exact) mass is 199 g/mol. The first-order valence-corrected chi connectivity index (χ1v) is 3.61. The van der Waals surface area contributed by atoms with Gasteiger partial charge in [0, 0.05) is 11.4 Å². The van der Waals surface area contributed by atoms with Gasteiger partial charge in [0.2, 0.25) is 0 Å². The highest BCUT2D eigenvalue weighted by atomic mass is 79.9. The van der Waals surface area contributed by atoms with Crippen LogP contribution in [0.1, 0.15) is 18.6 Å². The molecule has 0 heterocycles. The third-order valence-electron chi connectivity index (χ3n) is 1.17. The molecule has 0 radical (unpaired) electrons. The Bertz CT molecular complexity index is 255. The van der Waals surface area contributed by atoms with Gasteiger partial charge in [-0.3, -0.25) is 4.79 Å². The zero-order valence-electron chi connectivity index (χ0n) is 6.30. The van der Waals surface area contributed by atoms with Gasteiger partial charge in [0.1, 0.15) is 0 Å². The second kappa shape index (κ2) is 2.97. The molecule has 0 aromatic heterocycles. The molecule has 0 atom stereocenters. The van der Waals surface area contributed by atoms with Crippen LogP contribution in [0.15, 0.2) is 28.7 Å². The van der Waals surface area contributed by atoms with Crippen molar-refractivity contribution in [3.8, 4) is 0 Å². The van der Waals surface area contributed by atoms with Crippen LogP contribution < -0.4 is 0 Å². The summed E-state index contributed by atoms with van der Waals surface area (Å²) in [5.41, 5.74) is 0.600. The van der Waals surface area contributed by atoms with E-state index in [-0.39, 0.29) is 12.7 Å². The fourth-order valence-corrected chi connectivity index (χ4v) is 0.900. The van der Waals surface area contributed by atoms with E-state index < -0.39 is 0 Å². The zero-order valence-corrected chi connectivity index (χ0v) is 6.89. The normalized spacial score (nSPS) is 10.7. The molecule has 0 unspecified atom stereocenters. The summed E-state index contributed by atoms with van der Waals surface area (Å²) in [6.45, 7) is -0.179. The Balaban J connectivity index is 2.90. The summed E-state index contributed by atoms with van der Waals surface area (Å²) >= 11 is 3.26. The first-order chi connectivity index (χ1) is 5.24. The number of carbonyl (C=O) groups is 1. The molecule has 1 aromatic carbocycles. The quantitative estimate of drug-likeness (QED) is 0.637. The molecule has 0 bridgehead atoms. The summed E-state index contributed by atoms with van der Waals surface area (Å²) in [4.78, 5) is 10.9. The van der Waals surface area contributed by atoms with E-state index >= 15 is 0 Å². The predicted molar refractivity (Wildman–Crippen MR) is 44.1 cm³/mol. The average Bonchev–Trinajstić information content (AvgIpc) is 2.05. The van der Waals surface area contributed by atoms with Crippen LogP contribution >= 0.6 is 15.9 Å². The summed E-state index contributed by atoms with van der Waals surface area (Å²) in [5, 5.41) is 0. The first kappa shape index (κ1) is 6.10. The molecule has 0 saturated carbocycles. The highest BCUT2D eigenvalue weighted by Crippen LogP contribution is 2.10. The smallest absolute Gasteiger partial charge is 0.159 e. The molecule has 0 spiro atoms. The second-order valence-corrected chi connectivity index (χ2v) is 2.85. The van der Waals surface area contributed by atoms with E-state index in [1.807, 2.05) is 0 Å². The van der Waals surface area contributed by atoms with Gasteiger partial charge in [-0.1, -0.05) is 28.1 Å². The summed E-state index contributed by atoms with van der Waals surface area (Å²) in [6, 6.07) is 7.01. The van der Waals surface area contributed by atoms with Crippen molar-refractivity contribution in [3.05, 3.63) is 34.3 Å². The molecule has 1 rings (SSSR count). The number of ketones is 1. The Morgan fingerprint density at radius 1 is 1.50 bits per heavy atom. The third kappa shape index (κ3) is 1.67. The van der Waals surface area contributed by atoms with Crippen LogP contribution in [0.25, 0.3) is 0 Å². The van der Waals surface area contributed by atoms with Crippen molar-refractivity contribution >= 4 is 21.7 Å². The average molecular weight is 200 g/mol. The van der Waals surface area contributed by atoms with E-state index in [1.165, 1.54) is 0 Å². The van der Waals surface area contributed by atoms with Gasteiger partial charge in [0.15, 0.2) is 5.78 Å². The third-order valence-corrected chi connectivity index (χ3v) is 1.69. The second-order valence-electron chi connectivity index (χ2n) is 1.93. The van der Waals surface area contributed by atoms with Crippen LogP contribution in [0.5, 0.6) is 0 Å². The van der Waals surface area contributed by atoms with E-state index in [0.717, 1.165) is 4.47 Å². The summed E-state index contributed by atoms with van der Waals surface area (Å²) in [7, 11) is 0. The maximum Gasteiger partial charge on any atom is 0.159 e. The van der Waals surface area contributed by atoms with E-state index in [1.54, 1.807) is 24.3 Å². The van der Waals surface area contributed by atoms with Crippen LogP contribution in [0, 0.1) is 0 Å². The van der Waals surface area contributed by atoms with Gasteiger partial charge in [-0.2, -0.15) is 0 Å². The molecule has 10 heavy (non-hydrogen) atoms. The minimum Gasteiger partial charge on any atom is -0.295 e. The highest BCUT2D eigenvalue weighted by Gasteiger charge is 1.95. The summed E-state index contributed by atoms with van der Waals surface area (Å²) in [6.07, 6.45) is 0. The molecule has 0 aliphatic rings. The van der Waals surface area contributed by atoms with Gasteiger partial charge in [0.05, 0.1) is 0 Å². The number of Topliss-reactive ketones (excluding diaryl/α,β-unsaturated/α-hetero) is 1. The Morgan fingerprint density at radius 3 is 2.60 bits per heavy atom. The van der Waals surface area contributed by atoms with Crippen molar-refractivity contribution in [2.24, 2.45) is 0 Å². The largest absolute Gasteiger partial charge is 0.295 e. The number of hydrogen-bond donors (Lipinski definition) is 0. The lowest BCUT2D eigenvalue weighted by Crippen LogP contribution is -1.89. The van der Waals surface area contributed by atoms with Crippen molar-refractivity contribution in [2.45, 2.75) is 6.90 Å². The lowest BCUT2D eigenvalue weighted by molar-refractivity contribution is 0.101. The number of hydrogen-bond acceptors (Lipinski definition) is 1. The Labute approximate surface area is 69.6 Å². The molecule has 0 amide bonds. The van der Waals surface area contributed by atoms with Crippen molar-refractivity contribution in [1.29, 1.82) is 0 Å². The fourth-order valence-electron chi connectivity index (χ4n) is 0.636. The molecular formula is C8H7BrO. The van der Waals surface area contributed by atoms with E-state index in [9.17, 15) is 4.79 Å². The standard InChI is InChI=1S/C8H7BrO/c1-6(10)7-2-4-8(9)5-3-7/h2-5H,1H3/i1D. The molecule has 0 aliphatic carbocycles. The van der Waals surface area contributed by atoms with Gasteiger partial charge >= 0.3 is 0 Å². The maximum atomic E-state index is 10.9. The summed E-state index contributed by atoms with van der Waals surface area (Å²) in [5.74, 6) is -0.141. The number of carbonyl (C=O) groups excluding carboxylic acids is 1. The minimum atomic E-state index is -0.179. The molecule has 2 heteroatoms. The highest BCUT2D eigenvalue weighted by molar-refractivity contribution is 9.10. The number of benzene rings is 1. The number of rotatable bonds is 1. The first-order valence-electron chi connectivity index (χ1n) is 3.53. The van der Waals surface area contributed by atoms with Gasteiger partial charge in [-0.05, 0) is 19.0 Å². The minimum absolute atomic E-state index is 0.141. The molecule has 0 saturated heterocycles. The Morgan fingerprint density at radius 2 is 2.10 bits per heavy atom. The fraction of sp³-hybridized carbons (Fsp3) is 0.125. The lowest BCUT2D eigenvalue weighted by atomic mass is 10.2. The van der Waals surface area contributed by atoms with E-state index in [2.05, 4.69) is 15.9 Å². The van der Waals surface area contributed by atoms with E-state index in [0.29, 0.717) is 5.56 Å².